The second-order valence-electron chi connectivity index (χ2n) is 12.2. The molecule has 0 aliphatic carbocycles. The molecule has 37 heavy (non-hydrogen) atoms. The summed E-state index contributed by atoms with van der Waals surface area (Å²) in [6.07, 6.45) is 36.0. The Morgan fingerprint density at radius 2 is 0.757 bits per heavy atom. The van der Waals surface area contributed by atoms with Crippen molar-refractivity contribution in [3.05, 3.63) is 0 Å². The van der Waals surface area contributed by atoms with E-state index in [2.05, 4.69) is 27.7 Å². The molecule has 0 aromatic heterocycles. The Morgan fingerprint density at radius 3 is 1.11 bits per heavy atom. The predicted molar refractivity (Wildman–Crippen MR) is 165 cm³/mol. The van der Waals surface area contributed by atoms with Crippen LogP contribution in [0.5, 0.6) is 0 Å². The first-order chi connectivity index (χ1) is 18.2. The molecule has 222 valence electrons. The van der Waals surface area contributed by atoms with E-state index >= 15 is 0 Å². The smallest absolute Gasteiger partial charge is 0.308 e. The van der Waals surface area contributed by atoms with Crippen molar-refractivity contribution < 1.29 is 9.53 Å². The van der Waals surface area contributed by atoms with Crippen molar-refractivity contribution in [2.45, 2.75) is 201 Å². The Labute approximate surface area is 234 Å². The van der Waals surface area contributed by atoms with E-state index in [4.69, 9.17) is 4.74 Å². The molecule has 0 saturated carbocycles. The number of esters is 1. The summed E-state index contributed by atoms with van der Waals surface area (Å²) in [6.45, 7) is 9.59. The van der Waals surface area contributed by atoms with Crippen LogP contribution >= 0.6 is 0 Å². The Balaban J connectivity index is 3.96. The fourth-order valence-electron chi connectivity index (χ4n) is 5.49. The van der Waals surface area contributed by atoms with Crippen LogP contribution in [0.1, 0.15) is 201 Å². The Bertz CT molecular complexity index is 431. The zero-order chi connectivity index (χ0) is 27.2. The van der Waals surface area contributed by atoms with Crippen molar-refractivity contribution in [1.29, 1.82) is 0 Å². The van der Waals surface area contributed by atoms with Crippen LogP contribution in [-0.4, -0.2) is 12.6 Å². The molecule has 0 fully saturated rings. The zero-order valence-electron chi connectivity index (χ0n) is 26.3. The number of hydrogen-bond acceptors (Lipinski definition) is 2. The van der Waals surface area contributed by atoms with Crippen molar-refractivity contribution in [3.8, 4) is 0 Å². The van der Waals surface area contributed by atoms with Gasteiger partial charge in [-0.25, -0.2) is 0 Å². The minimum Gasteiger partial charge on any atom is -0.465 e. The third kappa shape index (κ3) is 26.8. The number of unbranched alkanes of at least 4 members (excludes halogenated alkanes) is 21. The third-order valence-electron chi connectivity index (χ3n) is 8.29. The highest BCUT2D eigenvalue weighted by molar-refractivity contribution is 5.71. The van der Waals surface area contributed by atoms with E-state index in [1.165, 1.54) is 167 Å². The van der Waals surface area contributed by atoms with Gasteiger partial charge in [-0.1, -0.05) is 182 Å². The van der Waals surface area contributed by atoms with Gasteiger partial charge in [0.1, 0.15) is 0 Å². The lowest BCUT2D eigenvalue weighted by Gasteiger charge is -2.19. The molecule has 0 aliphatic heterocycles. The van der Waals surface area contributed by atoms with Crippen LogP contribution in [0.4, 0.5) is 0 Å². The van der Waals surface area contributed by atoms with E-state index in [0.29, 0.717) is 12.5 Å². The van der Waals surface area contributed by atoms with Crippen LogP contribution < -0.4 is 0 Å². The van der Waals surface area contributed by atoms with Crippen LogP contribution in [0.15, 0.2) is 0 Å². The topological polar surface area (TPSA) is 26.3 Å². The molecule has 0 spiro atoms. The molecule has 0 aromatic rings. The van der Waals surface area contributed by atoms with Gasteiger partial charge in [-0.2, -0.15) is 0 Å². The number of ether oxygens (including phenoxy) is 1. The van der Waals surface area contributed by atoms with Gasteiger partial charge in [-0.3, -0.25) is 4.79 Å². The molecule has 0 N–H and O–H groups in total. The molecule has 0 radical (unpaired) electrons. The summed E-state index contributed by atoms with van der Waals surface area (Å²) in [4.78, 5) is 12.7. The van der Waals surface area contributed by atoms with Gasteiger partial charge >= 0.3 is 5.97 Å². The van der Waals surface area contributed by atoms with E-state index in [9.17, 15) is 4.79 Å². The van der Waals surface area contributed by atoms with Crippen molar-refractivity contribution in [1.82, 2.24) is 0 Å². The maximum absolute atomic E-state index is 12.7. The largest absolute Gasteiger partial charge is 0.465 e. The molecule has 2 nitrogen and oxygen atoms in total. The number of carbonyl (C=O) groups is 1. The molecule has 0 heterocycles. The van der Waals surface area contributed by atoms with Gasteiger partial charge < -0.3 is 4.74 Å². The zero-order valence-corrected chi connectivity index (χ0v) is 26.3. The number of rotatable bonds is 30. The Hall–Kier alpha value is -0.530. The summed E-state index contributed by atoms with van der Waals surface area (Å²) in [5, 5.41) is 0. The average molecular weight is 523 g/mol. The van der Waals surface area contributed by atoms with Crippen LogP contribution in [0.2, 0.25) is 0 Å². The predicted octanol–water partition coefficient (Wildman–Crippen LogP) is 12.4. The fourth-order valence-corrected chi connectivity index (χ4v) is 5.49. The highest BCUT2D eigenvalue weighted by Crippen LogP contribution is 2.21. The monoisotopic (exact) mass is 523 g/mol. The number of carbonyl (C=O) groups excluding carboxylic acids is 1. The highest BCUT2D eigenvalue weighted by Gasteiger charge is 2.17. The molecule has 1 atom stereocenters. The molecule has 0 saturated heterocycles. The van der Waals surface area contributed by atoms with Crippen LogP contribution in [-0.2, 0) is 9.53 Å². The van der Waals surface area contributed by atoms with E-state index in [0.717, 1.165) is 6.42 Å². The molecule has 1 unspecified atom stereocenters. The minimum absolute atomic E-state index is 0.0546. The first-order valence-corrected chi connectivity index (χ1v) is 17.3. The van der Waals surface area contributed by atoms with Crippen molar-refractivity contribution in [2.24, 2.45) is 11.8 Å². The molecular formula is C35H70O2. The summed E-state index contributed by atoms with van der Waals surface area (Å²) in [6, 6.07) is 0. The Kier molecular flexibility index (Phi) is 29.6. The third-order valence-corrected chi connectivity index (χ3v) is 8.29. The van der Waals surface area contributed by atoms with E-state index in [1.54, 1.807) is 0 Å². The maximum Gasteiger partial charge on any atom is 0.308 e. The standard InChI is InChI=1S/C35H70O2/c1-5-8-11-14-17-18-19-20-21-22-23-26-29-33(4)35(36)37-32-34(30-27-24-15-12-9-6-2)31-28-25-16-13-10-7-3/h33-34H,5-32H2,1-4H3. The van der Waals surface area contributed by atoms with E-state index < -0.39 is 0 Å². The summed E-state index contributed by atoms with van der Waals surface area (Å²) in [7, 11) is 0. The summed E-state index contributed by atoms with van der Waals surface area (Å²) < 4.78 is 5.88. The summed E-state index contributed by atoms with van der Waals surface area (Å²) >= 11 is 0. The lowest BCUT2D eigenvalue weighted by molar-refractivity contribution is -0.149. The highest BCUT2D eigenvalue weighted by atomic mass is 16.5. The molecule has 0 bridgehead atoms. The summed E-state index contributed by atoms with van der Waals surface area (Å²) in [5.74, 6) is 0.686. The molecule has 0 amide bonds. The number of hydrogen-bond donors (Lipinski definition) is 0. The molecule has 0 rings (SSSR count). The van der Waals surface area contributed by atoms with Crippen LogP contribution in [0.25, 0.3) is 0 Å². The molecule has 0 aromatic carbocycles. The first-order valence-electron chi connectivity index (χ1n) is 17.3. The van der Waals surface area contributed by atoms with Gasteiger partial charge in [0, 0.05) is 0 Å². The SMILES string of the molecule is CCCCCCCCCCCCCCC(C)C(=O)OCC(CCCCCCCC)CCCCCCCC. The lowest BCUT2D eigenvalue weighted by Crippen LogP contribution is -2.20. The first kappa shape index (κ1) is 36.5. The van der Waals surface area contributed by atoms with E-state index in [1.807, 2.05) is 0 Å². The Morgan fingerprint density at radius 1 is 0.459 bits per heavy atom. The van der Waals surface area contributed by atoms with Gasteiger partial charge in [0.25, 0.3) is 0 Å². The molecular weight excluding hydrogens is 452 g/mol. The second-order valence-corrected chi connectivity index (χ2v) is 12.2. The maximum atomic E-state index is 12.7. The van der Waals surface area contributed by atoms with Gasteiger partial charge in [0.2, 0.25) is 0 Å². The lowest BCUT2D eigenvalue weighted by atomic mass is 9.94. The average Bonchev–Trinajstić information content (AvgIpc) is 2.90. The molecule has 2 heteroatoms. The summed E-state index contributed by atoms with van der Waals surface area (Å²) in [5.41, 5.74) is 0. The van der Waals surface area contributed by atoms with Crippen molar-refractivity contribution in [3.63, 3.8) is 0 Å². The van der Waals surface area contributed by atoms with Crippen molar-refractivity contribution >= 4 is 5.97 Å². The fraction of sp³-hybridized carbons (Fsp3) is 0.971. The van der Waals surface area contributed by atoms with Crippen LogP contribution in [0, 0.1) is 11.8 Å². The van der Waals surface area contributed by atoms with Crippen LogP contribution in [0.3, 0.4) is 0 Å². The van der Waals surface area contributed by atoms with Gasteiger partial charge in [-0.15, -0.1) is 0 Å². The quantitative estimate of drug-likeness (QED) is 0.0692. The van der Waals surface area contributed by atoms with Gasteiger partial charge in [-0.05, 0) is 25.2 Å². The van der Waals surface area contributed by atoms with E-state index in [-0.39, 0.29) is 11.9 Å². The van der Waals surface area contributed by atoms with Crippen molar-refractivity contribution in [2.75, 3.05) is 6.61 Å². The normalized spacial score (nSPS) is 12.4. The molecule has 0 aliphatic rings. The minimum atomic E-state index is 0.0546. The van der Waals surface area contributed by atoms with Gasteiger partial charge in [0.05, 0.1) is 12.5 Å². The second kappa shape index (κ2) is 30.0. The van der Waals surface area contributed by atoms with Gasteiger partial charge in [0.15, 0.2) is 0 Å².